The molecule has 4 heteroatoms. The maximum Gasteiger partial charge on any atom is 0.169 e. The Bertz CT molecular complexity index is 531. The Hall–Kier alpha value is -1.000. The normalized spacial score (nSPS) is 20.7. The molecule has 2 aromatic heterocycles. The molecule has 0 bridgehead atoms. The van der Waals surface area contributed by atoms with Crippen molar-refractivity contribution in [2.24, 2.45) is 0 Å². The van der Waals surface area contributed by atoms with Crippen molar-refractivity contribution >= 4 is 15.9 Å². The molecule has 2 atom stereocenters. The molecular formula is C14H16BrNO2. The van der Waals surface area contributed by atoms with Crippen LogP contribution in [0, 0.1) is 0 Å². The molecule has 2 heterocycles. The summed E-state index contributed by atoms with van der Waals surface area (Å²) in [6, 6.07) is 6.57. The molecule has 3 rings (SSSR count). The molecule has 0 aromatic carbocycles. The lowest BCUT2D eigenvalue weighted by Crippen LogP contribution is -2.26. The molecule has 18 heavy (non-hydrogen) atoms. The minimum Gasteiger partial charge on any atom is -0.469 e. The highest BCUT2D eigenvalue weighted by Gasteiger charge is 2.24. The summed E-state index contributed by atoms with van der Waals surface area (Å²) in [5, 5.41) is 3.62. The highest BCUT2D eigenvalue weighted by atomic mass is 79.9. The Morgan fingerprint density at radius 3 is 3.06 bits per heavy atom. The van der Waals surface area contributed by atoms with Crippen LogP contribution in [0.5, 0.6) is 0 Å². The molecule has 3 nitrogen and oxygen atoms in total. The van der Waals surface area contributed by atoms with Gasteiger partial charge in [0.1, 0.15) is 11.5 Å². The second-order valence-corrected chi connectivity index (χ2v) is 5.56. The molecule has 1 aliphatic carbocycles. The number of furan rings is 2. The van der Waals surface area contributed by atoms with Crippen molar-refractivity contribution in [1.82, 2.24) is 5.32 Å². The molecule has 0 spiro atoms. The summed E-state index contributed by atoms with van der Waals surface area (Å²) in [4.78, 5) is 0. The van der Waals surface area contributed by atoms with Crippen LogP contribution in [-0.4, -0.2) is 0 Å². The summed E-state index contributed by atoms with van der Waals surface area (Å²) in [7, 11) is 0. The number of rotatable bonds is 3. The number of fused-ring (bicyclic) bond motifs is 1. The van der Waals surface area contributed by atoms with Gasteiger partial charge in [0.25, 0.3) is 0 Å². The van der Waals surface area contributed by atoms with Crippen molar-refractivity contribution < 1.29 is 8.83 Å². The van der Waals surface area contributed by atoms with Crippen LogP contribution in [0.1, 0.15) is 48.9 Å². The minimum absolute atomic E-state index is 0.196. The van der Waals surface area contributed by atoms with Gasteiger partial charge < -0.3 is 14.2 Å². The Balaban J connectivity index is 1.74. The maximum absolute atomic E-state index is 5.59. The number of nitrogens with one attached hydrogen (secondary N) is 1. The van der Waals surface area contributed by atoms with Crippen molar-refractivity contribution in [3.63, 3.8) is 0 Å². The lowest BCUT2D eigenvalue weighted by molar-refractivity contribution is 0.350. The van der Waals surface area contributed by atoms with Crippen LogP contribution in [0.3, 0.4) is 0 Å². The van der Waals surface area contributed by atoms with E-state index in [0.717, 1.165) is 29.0 Å². The average Bonchev–Trinajstić information content (AvgIpc) is 2.97. The molecule has 2 aromatic rings. The Kier molecular flexibility index (Phi) is 3.31. The van der Waals surface area contributed by atoms with Gasteiger partial charge in [-0.25, -0.2) is 0 Å². The molecular weight excluding hydrogens is 294 g/mol. The van der Waals surface area contributed by atoms with E-state index in [1.165, 1.54) is 12.0 Å². The van der Waals surface area contributed by atoms with E-state index in [1.807, 2.05) is 12.1 Å². The summed E-state index contributed by atoms with van der Waals surface area (Å²) in [6.07, 6.45) is 5.17. The topological polar surface area (TPSA) is 38.3 Å². The van der Waals surface area contributed by atoms with Gasteiger partial charge >= 0.3 is 0 Å². The molecule has 0 saturated heterocycles. The van der Waals surface area contributed by atoms with Gasteiger partial charge in [-0.2, -0.15) is 0 Å². The molecule has 1 N–H and O–H groups in total. The second-order valence-electron chi connectivity index (χ2n) is 4.77. The number of aryl methyl sites for hydroxylation is 1. The molecule has 96 valence electrons. The largest absolute Gasteiger partial charge is 0.469 e. The fraction of sp³-hybridized carbons (Fsp3) is 0.429. The minimum atomic E-state index is 0.196. The summed E-state index contributed by atoms with van der Waals surface area (Å²) < 4.78 is 11.9. The van der Waals surface area contributed by atoms with Crippen molar-refractivity contribution in [2.45, 2.75) is 38.3 Å². The summed E-state index contributed by atoms with van der Waals surface area (Å²) in [5.74, 6) is 2.09. The quantitative estimate of drug-likeness (QED) is 0.915. The highest BCUT2D eigenvalue weighted by Crippen LogP contribution is 2.32. The monoisotopic (exact) mass is 309 g/mol. The van der Waals surface area contributed by atoms with Gasteiger partial charge in [-0.15, -0.1) is 0 Å². The predicted molar refractivity (Wildman–Crippen MR) is 72.3 cm³/mol. The van der Waals surface area contributed by atoms with Gasteiger partial charge in [0.05, 0.1) is 12.3 Å². The lowest BCUT2D eigenvalue weighted by atomic mass is 9.93. The highest BCUT2D eigenvalue weighted by molar-refractivity contribution is 9.10. The smallest absolute Gasteiger partial charge is 0.169 e. The van der Waals surface area contributed by atoms with Crippen molar-refractivity contribution in [3.8, 4) is 0 Å². The predicted octanol–water partition coefficient (Wildman–Crippen LogP) is 4.36. The summed E-state index contributed by atoms with van der Waals surface area (Å²) >= 11 is 3.34. The van der Waals surface area contributed by atoms with Crippen LogP contribution in [0.4, 0.5) is 0 Å². The van der Waals surface area contributed by atoms with Crippen LogP contribution in [0.2, 0.25) is 0 Å². The second kappa shape index (κ2) is 4.94. The van der Waals surface area contributed by atoms with E-state index in [1.54, 1.807) is 6.26 Å². The third kappa shape index (κ3) is 2.27. The van der Waals surface area contributed by atoms with Crippen LogP contribution in [0.25, 0.3) is 0 Å². The van der Waals surface area contributed by atoms with Gasteiger partial charge in [0.15, 0.2) is 4.67 Å². The van der Waals surface area contributed by atoms with E-state index in [0.29, 0.717) is 6.04 Å². The van der Waals surface area contributed by atoms with E-state index < -0.39 is 0 Å². The zero-order valence-electron chi connectivity index (χ0n) is 10.3. The van der Waals surface area contributed by atoms with Gasteiger partial charge in [0.2, 0.25) is 0 Å². The van der Waals surface area contributed by atoms with E-state index in [9.17, 15) is 0 Å². The fourth-order valence-corrected chi connectivity index (χ4v) is 2.92. The molecule has 0 aliphatic heterocycles. The first-order valence-electron chi connectivity index (χ1n) is 6.31. The third-order valence-corrected chi connectivity index (χ3v) is 3.95. The van der Waals surface area contributed by atoms with E-state index in [-0.39, 0.29) is 6.04 Å². The maximum atomic E-state index is 5.59. The van der Waals surface area contributed by atoms with Crippen molar-refractivity contribution in [3.05, 3.63) is 46.2 Å². The van der Waals surface area contributed by atoms with Gasteiger partial charge in [-0.3, -0.25) is 0 Å². The first kappa shape index (κ1) is 12.1. The fourth-order valence-electron chi connectivity index (χ4n) is 2.60. The number of hydrogen-bond acceptors (Lipinski definition) is 3. The first-order chi connectivity index (χ1) is 8.74. The standard InChI is InChI=1S/C14H16BrNO2/c1-9(12-5-6-14(15)18-12)16-11-3-2-4-13-10(11)7-8-17-13/h5-9,11,16H,2-4H2,1H3. The lowest BCUT2D eigenvalue weighted by Gasteiger charge is -2.25. The zero-order valence-corrected chi connectivity index (χ0v) is 11.9. The average molecular weight is 310 g/mol. The first-order valence-corrected chi connectivity index (χ1v) is 7.11. The molecule has 0 radical (unpaired) electrons. The molecule has 1 aliphatic rings. The van der Waals surface area contributed by atoms with Gasteiger partial charge in [-0.05, 0) is 53.9 Å². The van der Waals surface area contributed by atoms with Crippen molar-refractivity contribution in [1.29, 1.82) is 0 Å². The van der Waals surface area contributed by atoms with Crippen LogP contribution in [0.15, 0.2) is 38.0 Å². The number of halogens is 1. The van der Waals surface area contributed by atoms with Crippen LogP contribution >= 0.6 is 15.9 Å². The van der Waals surface area contributed by atoms with Crippen LogP contribution < -0.4 is 5.32 Å². The van der Waals surface area contributed by atoms with Crippen LogP contribution in [-0.2, 0) is 6.42 Å². The number of hydrogen-bond donors (Lipinski definition) is 1. The molecule has 0 saturated carbocycles. The summed E-state index contributed by atoms with van der Waals surface area (Å²) in [6.45, 7) is 2.12. The van der Waals surface area contributed by atoms with E-state index >= 15 is 0 Å². The third-order valence-electron chi connectivity index (χ3n) is 3.52. The van der Waals surface area contributed by atoms with E-state index in [2.05, 4.69) is 34.2 Å². The van der Waals surface area contributed by atoms with E-state index in [4.69, 9.17) is 8.83 Å². The Labute approximate surface area is 115 Å². The van der Waals surface area contributed by atoms with Gasteiger partial charge in [-0.1, -0.05) is 0 Å². The Morgan fingerprint density at radius 1 is 1.39 bits per heavy atom. The molecule has 0 amide bonds. The van der Waals surface area contributed by atoms with Crippen molar-refractivity contribution in [2.75, 3.05) is 0 Å². The summed E-state index contributed by atoms with van der Waals surface area (Å²) in [5.41, 5.74) is 1.30. The molecule has 2 unspecified atom stereocenters. The molecule has 0 fully saturated rings. The van der Waals surface area contributed by atoms with Gasteiger partial charge in [0, 0.05) is 18.0 Å². The zero-order chi connectivity index (χ0) is 12.5. The Morgan fingerprint density at radius 2 is 2.28 bits per heavy atom. The SMILES string of the molecule is CC(NC1CCCc2occc21)c1ccc(Br)o1.